The van der Waals surface area contributed by atoms with Crippen LogP contribution in [0.3, 0.4) is 0 Å². The van der Waals surface area contributed by atoms with E-state index in [1.165, 1.54) is 13.0 Å². The summed E-state index contributed by atoms with van der Waals surface area (Å²) in [5.74, 6) is -0.332. The van der Waals surface area contributed by atoms with Crippen molar-refractivity contribution in [3.63, 3.8) is 0 Å². The number of hydrogen-bond donors (Lipinski definition) is 2. The molecule has 0 aliphatic rings. The largest absolute Gasteiger partial charge is 0.493 e. The van der Waals surface area contributed by atoms with Gasteiger partial charge >= 0.3 is 5.97 Å². The van der Waals surface area contributed by atoms with Gasteiger partial charge < -0.3 is 19.9 Å². The normalized spacial score (nSPS) is 12.0. The molecule has 22 heavy (non-hydrogen) atoms. The van der Waals surface area contributed by atoms with Gasteiger partial charge in [0.15, 0.2) is 11.5 Å². The summed E-state index contributed by atoms with van der Waals surface area (Å²) in [5, 5.41) is 11.1. The van der Waals surface area contributed by atoms with Crippen LogP contribution in [0.25, 0.3) is 6.08 Å². The molecule has 0 fully saturated rings. The highest BCUT2D eigenvalue weighted by Gasteiger charge is 2.11. The first-order chi connectivity index (χ1) is 10.5. The van der Waals surface area contributed by atoms with Gasteiger partial charge in [-0.05, 0) is 37.1 Å². The van der Waals surface area contributed by atoms with E-state index < -0.39 is 17.9 Å². The van der Waals surface area contributed by atoms with Crippen LogP contribution in [0.2, 0.25) is 0 Å². The van der Waals surface area contributed by atoms with E-state index in [2.05, 4.69) is 5.32 Å². The molecule has 6 nitrogen and oxygen atoms in total. The molecule has 0 radical (unpaired) electrons. The Bertz CT molecular complexity index is 553. The van der Waals surface area contributed by atoms with Crippen molar-refractivity contribution in [1.29, 1.82) is 0 Å². The van der Waals surface area contributed by atoms with Crippen molar-refractivity contribution in [3.8, 4) is 11.5 Å². The Hall–Kier alpha value is -2.50. The zero-order valence-corrected chi connectivity index (χ0v) is 13.0. The Morgan fingerprint density at radius 2 is 2.09 bits per heavy atom. The molecule has 1 aromatic carbocycles. The smallest absolute Gasteiger partial charge is 0.325 e. The zero-order valence-electron chi connectivity index (χ0n) is 13.0. The molecule has 0 aliphatic heterocycles. The predicted octanol–water partition coefficient (Wildman–Crippen LogP) is 2.09. The van der Waals surface area contributed by atoms with Gasteiger partial charge in [0.05, 0.1) is 13.7 Å². The molecular weight excluding hydrogens is 286 g/mol. The van der Waals surface area contributed by atoms with Crippen LogP contribution < -0.4 is 14.8 Å². The number of carboxylic acid groups (broad SMARTS) is 1. The summed E-state index contributed by atoms with van der Waals surface area (Å²) in [6.45, 7) is 4.01. The molecule has 1 unspecified atom stereocenters. The van der Waals surface area contributed by atoms with Crippen LogP contribution in [-0.2, 0) is 9.59 Å². The Labute approximate surface area is 129 Å². The minimum atomic E-state index is -1.08. The number of carbonyl (C=O) groups is 2. The summed E-state index contributed by atoms with van der Waals surface area (Å²) in [7, 11) is 1.54. The van der Waals surface area contributed by atoms with Crippen LogP contribution >= 0.6 is 0 Å². The first-order valence-electron chi connectivity index (χ1n) is 7.00. The minimum Gasteiger partial charge on any atom is -0.493 e. The second-order valence-electron chi connectivity index (χ2n) is 4.66. The third-order valence-electron chi connectivity index (χ3n) is 2.81. The van der Waals surface area contributed by atoms with Gasteiger partial charge in [-0.3, -0.25) is 9.59 Å². The van der Waals surface area contributed by atoms with Gasteiger partial charge in [0, 0.05) is 6.08 Å². The maximum absolute atomic E-state index is 11.6. The minimum absolute atomic E-state index is 0.472. The highest BCUT2D eigenvalue weighted by molar-refractivity contribution is 5.94. The van der Waals surface area contributed by atoms with Gasteiger partial charge in [0.1, 0.15) is 6.04 Å². The number of carboxylic acids is 1. The first-order valence-corrected chi connectivity index (χ1v) is 7.00. The van der Waals surface area contributed by atoms with Crippen LogP contribution in [0, 0.1) is 0 Å². The molecular formula is C16H21NO5. The van der Waals surface area contributed by atoms with E-state index >= 15 is 0 Å². The third kappa shape index (κ3) is 5.47. The van der Waals surface area contributed by atoms with Crippen molar-refractivity contribution in [2.45, 2.75) is 26.3 Å². The molecule has 0 saturated carbocycles. The second kappa shape index (κ2) is 8.71. The van der Waals surface area contributed by atoms with Gasteiger partial charge in [-0.15, -0.1) is 0 Å². The lowest BCUT2D eigenvalue weighted by atomic mass is 10.2. The van der Waals surface area contributed by atoms with Gasteiger partial charge in [0.25, 0.3) is 0 Å². The average Bonchev–Trinajstić information content (AvgIpc) is 2.50. The number of rotatable bonds is 8. The molecule has 0 heterocycles. The Morgan fingerprint density at radius 3 is 2.68 bits per heavy atom. The predicted molar refractivity (Wildman–Crippen MR) is 83.1 cm³/mol. The van der Waals surface area contributed by atoms with E-state index in [1.54, 1.807) is 31.4 Å². The maximum atomic E-state index is 11.6. The van der Waals surface area contributed by atoms with E-state index in [9.17, 15) is 9.59 Å². The standard InChI is InChI=1S/C16H21NO5/c1-4-9-22-13-7-5-12(10-14(13)21-3)6-8-15(18)17-11(2)16(19)20/h5-8,10-11H,4,9H2,1-3H3,(H,17,18)(H,19,20)/b8-6+. The number of ether oxygens (including phenoxy) is 2. The Kier molecular flexibility index (Phi) is 6.95. The highest BCUT2D eigenvalue weighted by Crippen LogP contribution is 2.28. The number of benzene rings is 1. The van der Waals surface area contributed by atoms with Gasteiger partial charge in [-0.2, -0.15) is 0 Å². The number of aliphatic carboxylic acids is 1. The summed E-state index contributed by atoms with van der Waals surface area (Å²) >= 11 is 0. The maximum Gasteiger partial charge on any atom is 0.325 e. The fourth-order valence-electron chi connectivity index (χ4n) is 1.61. The molecule has 0 aliphatic carbocycles. The van der Waals surface area contributed by atoms with Crippen molar-refractivity contribution in [3.05, 3.63) is 29.8 Å². The van der Waals surface area contributed by atoms with Crippen molar-refractivity contribution in [2.24, 2.45) is 0 Å². The van der Waals surface area contributed by atoms with E-state index in [0.717, 1.165) is 12.0 Å². The summed E-state index contributed by atoms with van der Waals surface area (Å²) in [4.78, 5) is 22.2. The van der Waals surface area contributed by atoms with E-state index in [1.807, 2.05) is 6.92 Å². The van der Waals surface area contributed by atoms with Crippen LogP contribution in [0.4, 0.5) is 0 Å². The van der Waals surface area contributed by atoms with Crippen molar-refractivity contribution in [2.75, 3.05) is 13.7 Å². The fourth-order valence-corrected chi connectivity index (χ4v) is 1.61. The zero-order chi connectivity index (χ0) is 16.5. The topological polar surface area (TPSA) is 84.9 Å². The molecule has 0 saturated heterocycles. The SMILES string of the molecule is CCCOc1ccc(/C=C/C(=O)NC(C)C(=O)O)cc1OC. The first kappa shape index (κ1) is 17.6. The van der Waals surface area contributed by atoms with E-state index in [4.69, 9.17) is 14.6 Å². The quantitative estimate of drug-likeness (QED) is 0.718. The fraction of sp³-hybridized carbons (Fsp3) is 0.375. The molecule has 0 spiro atoms. The van der Waals surface area contributed by atoms with E-state index in [-0.39, 0.29) is 0 Å². The van der Waals surface area contributed by atoms with Crippen molar-refractivity contribution in [1.82, 2.24) is 5.32 Å². The molecule has 1 rings (SSSR count). The van der Waals surface area contributed by atoms with Gasteiger partial charge in [-0.25, -0.2) is 0 Å². The van der Waals surface area contributed by atoms with Crippen molar-refractivity contribution < 1.29 is 24.2 Å². The molecule has 0 aromatic heterocycles. The Morgan fingerprint density at radius 1 is 1.36 bits per heavy atom. The molecule has 1 amide bonds. The number of hydrogen-bond acceptors (Lipinski definition) is 4. The number of amides is 1. The van der Waals surface area contributed by atoms with Gasteiger partial charge in [0.2, 0.25) is 5.91 Å². The molecule has 0 bridgehead atoms. The highest BCUT2D eigenvalue weighted by atomic mass is 16.5. The van der Waals surface area contributed by atoms with Crippen LogP contribution in [0.15, 0.2) is 24.3 Å². The van der Waals surface area contributed by atoms with Crippen LogP contribution in [-0.4, -0.2) is 36.7 Å². The molecule has 2 N–H and O–H groups in total. The molecule has 1 aromatic rings. The lowest BCUT2D eigenvalue weighted by Crippen LogP contribution is -2.37. The lowest BCUT2D eigenvalue weighted by molar-refractivity contribution is -0.140. The third-order valence-corrected chi connectivity index (χ3v) is 2.81. The number of carbonyl (C=O) groups excluding carboxylic acids is 1. The second-order valence-corrected chi connectivity index (χ2v) is 4.66. The number of methoxy groups -OCH3 is 1. The summed E-state index contributed by atoms with van der Waals surface area (Å²) in [5.41, 5.74) is 0.749. The van der Waals surface area contributed by atoms with Gasteiger partial charge in [-0.1, -0.05) is 13.0 Å². The van der Waals surface area contributed by atoms with Crippen LogP contribution in [0.1, 0.15) is 25.8 Å². The van der Waals surface area contributed by atoms with Crippen LogP contribution in [0.5, 0.6) is 11.5 Å². The summed E-state index contributed by atoms with van der Waals surface area (Å²) < 4.78 is 10.8. The summed E-state index contributed by atoms with van der Waals surface area (Å²) in [6, 6.07) is 4.37. The molecule has 120 valence electrons. The number of nitrogens with one attached hydrogen (secondary N) is 1. The summed E-state index contributed by atoms with van der Waals surface area (Å²) in [6.07, 6.45) is 3.75. The molecule has 6 heteroatoms. The monoisotopic (exact) mass is 307 g/mol. The van der Waals surface area contributed by atoms with Crippen molar-refractivity contribution >= 4 is 18.0 Å². The lowest BCUT2D eigenvalue weighted by Gasteiger charge is -2.10. The molecule has 1 atom stereocenters. The average molecular weight is 307 g/mol. The van der Waals surface area contributed by atoms with E-state index in [0.29, 0.717) is 18.1 Å². The Balaban J connectivity index is 2.74.